The van der Waals surface area contributed by atoms with Crippen molar-refractivity contribution < 1.29 is 10.0 Å². The van der Waals surface area contributed by atoms with E-state index in [-0.39, 0.29) is 0 Å². The van der Waals surface area contributed by atoms with Crippen LogP contribution in [0.2, 0.25) is 0 Å². The number of rotatable bonds is 7. The van der Waals surface area contributed by atoms with Gasteiger partial charge in [-0.25, -0.2) is 5.48 Å². The van der Waals surface area contributed by atoms with Crippen LogP contribution in [0.4, 0.5) is 0 Å². The number of hydrogen-bond acceptors (Lipinski definition) is 3. The largest absolute Gasteiger partial charge is 0.361 e. The fraction of sp³-hybridized carbons (Fsp3) is 0.292. The molecule has 5 nitrogen and oxygen atoms in total. The number of aromatic amines is 1. The summed E-state index contributed by atoms with van der Waals surface area (Å²) in [5, 5.41) is 9.93. The van der Waals surface area contributed by atoms with Gasteiger partial charge in [0.2, 0.25) is 0 Å². The van der Waals surface area contributed by atoms with Crippen molar-refractivity contribution in [3.8, 4) is 0 Å². The Kier molecular flexibility index (Phi) is 5.79. The zero-order chi connectivity index (χ0) is 20.2. The molecule has 2 aromatic carbocycles. The molecule has 1 heterocycles. The van der Waals surface area contributed by atoms with Gasteiger partial charge >= 0.3 is 0 Å². The van der Waals surface area contributed by atoms with Gasteiger partial charge < -0.3 is 4.98 Å². The van der Waals surface area contributed by atoms with Crippen LogP contribution < -0.4 is 5.48 Å². The molecule has 0 bridgehead atoms. The predicted molar refractivity (Wildman–Crippen MR) is 116 cm³/mol. The van der Waals surface area contributed by atoms with Crippen molar-refractivity contribution in [1.82, 2.24) is 15.4 Å². The van der Waals surface area contributed by atoms with Crippen molar-refractivity contribution in [3.63, 3.8) is 0 Å². The van der Waals surface area contributed by atoms with Crippen LogP contribution in [0.3, 0.4) is 0 Å². The van der Waals surface area contributed by atoms with Crippen LogP contribution in [-0.2, 0) is 17.6 Å². The molecule has 0 saturated heterocycles. The minimum atomic E-state index is -0.516. The Morgan fingerprint density at radius 1 is 1.31 bits per heavy atom. The third kappa shape index (κ3) is 4.11. The molecule has 29 heavy (non-hydrogen) atoms. The number of hydroxylamine groups is 1. The highest BCUT2D eigenvalue weighted by Gasteiger charge is 2.27. The van der Waals surface area contributed by atoms with E-state index >= 15 is 0 Å². The number of fused-ring (bicyclic) bond motifs is 2. The fourth-order valence-corrected chi connectivity index (χ4v) is 4.44. The van der Waals surface area contributed by atoms with Gasteiger partial charge in [0.1, 0.15) is 0 Å². The van der Waals surface area contributed by atoms with E-state index < -0.39 is 5.91 Å². The van der Waals surface area contributed by atoms with Crippen molar-refractivity contribution in [2.24, 2.45) is 0 Å². The highest BCUT2D eigenvalue weighted by molar-refractivity contribution is 5.90. The first-order valence-electron chi connectivity index (χ1n) is 10.2. The SMILES string of the molecule is CCN(CCc1c[nH]c2ccccc12)C1CCc2cc(/C=C/C(=O)NO)ccc21. The Morgan fingerprint density at radius 3 is 3.00 bits per heavy atom. The first kappa shape index (κ1) is 19.4. The Labute approximate surface area is 171 Å². The normalized spacial score (nSPS) is 16.0. The van der Waals surface area contributed by atoms with E-state index in [2.05, 4.69) is 59.4 Å². The topological polar surface area (TPSA) is 68.4 Å². The minimum absolute atomic E-state index is 0.443. The molecule has 1 unspecified atom stereocenters. The van der Waals surface area contributed by atoms with E-state index in [1.54, 1.807) is 11.6 Å². The van der Waals surface area contributed by atoms with Gasteiger partial charge in [-0.05, 0) is 60.2 Å². The standard InChI is InChI=1S/C24H27N3O2/c1-2-27(14-13-19-16-25-22-6-4-3-5-20(19)22)23-11-9-18-15-17(7-10-21(18)23)8-12-24(28)26-29/h3-8,10,12,15-16,23,25,29H,2,9,11,13-14H2,1H3,(H,26,28)/b12-8+. The maximum absolute atomic E-state index is 11.2. The number of H-pyrrole nitrogens is 1. The van der Waals surface area contributed by atoms with Crippen LogP contribution in [0.25, 0.3) is 17.0 Å². The smallest absolute Gasteiger partial charge is 0.267 e. The Morgan fingerprint density at radius 2 is 2.17 bits per heavy atom. The first-order valence-corrected chi connectivity index (χ1v) is 10.2. The van der Waals surface area contributed by atoms with Crippen molar-refractivity contribution in [2.45, 2.75) is 32.2 Å². The third-order valence-electron chi connectivity index (χ3n) is 5.94. The predicted octanol–water partition coefficient (Wildman–Crippen LogP) is 4.24. The molecule has 0 saturated carbocycles. The monoisotopic (exact) mass is 389 g/mol. The number of likely N-dealkylation sites (N-methyl/N-ethyl adjacent to an activating group) is 1. The molecular formula is C24H27N3O2. The van der Waals surface area contributed by atoms with Crippen LogP contribution in [0.1, 0.15) is 41.6 Å². The molecule has 1 atom stereocenters. The van der Waals surface area contributed by atoms with Gasteiger partial charge in [0.25, 0.3) is 5.91 Å². The maximum atomic E-state index is 11.2. The molecule has 1 aromatic heterocycles. The second-order valence-corrected chi connectivity index (χ2v) is 7.56. The number of aromatic nitrogens is 1. The molecule has 0 aliphatic heterocycles. The molecule has 3 aromatic rings. The van der Waals surface area contributed by atoms with Crippen LogP contribution in [-0.4, -0.2) is 34.1 Å². The summed E-state index contributed by atoms with van der Waals surface area (Å²) in [4.78, 5) is 17.1. The number of para-hydroxylation sites is 1. The van der Waals surface area contributed by atoms with Crippen molar-refractivity contribution in [1.29, 1.82) is 0 Å². The number of aryl methyl sites for hydroxylation is 1. The Balaban J connectivity index is 1.47. The van der Waals surface area contributed by atoms with Gasteiger partial charge in [-0.3, -0.25) is 14.9 Å². The summed E-state index contributed by atoms with van der Waals surface area (Å²) in [5.41, 5.74) is 7.93. The minimum Gasteiger partial charge on any atom is -0.361 e. The quantitative estimate of drug-likeness (QED) is 0.322. The van der Waals surface area contributed by atoms with E-state index in [1.165, 1.54) is 33.7 Å². The first-order chi connectivity index (χ1) is 14.2. The summed E-state index contributed by atoms with van der Waals surface area (Å²) in [6.07, 6.45) is 8.42. The lowest BCUT2D eigenvalue weighted by molar-refractivity contribution is -0.124. The fourth-order valence-electron chi connectivity index (χ4n) is 4.44. The van der Waals surface area contributed by atoms with Crippen LogP contribution in [0.15, 0.2) is 54.7 Å². The number of hydrogen-bond donors (Lipinski definition) is 3. The molecule has 4 rings (SSSR count). The summed E-state index contributed by atoms with van der Waals surface area (Å²) in [7, 11) is 0. The summed E-state index contributed by atoms with van der Waals surface area (Å²) >= 11 is 0. The Bertz CT molecular complexity index is 1040. The number of amides is 1. The third-order valence-corrected chi connectivity index (χ3v) is 5.94. The van der Waals surface area contributed by atoms with Crippen LogP contribution >= 0.6 is 0 Å². The molecule has 0 fully saturated rings. The number of nitrogens with zero attached hydrogens (tertiary/aromatic N) is 1. The van der Waals surface area contributed by atoms with Crippen molar-refractivity contribution >= 4 is 22.9 Å². The summed E-state index contributed by atoms with van der Waals surface area (Å²) in [6, 6.07) is 15.3. The van der Waals surface area contributed by atoms with E-state index in [4.69, 9.17) is 5.21 Å². The lowest BCUT2D eigenvalue weighted by Crippen LogP contribution is -2.29. The number of carbonyl (C=O) groups is 1. The van der Waals surface area contributed by atoms with Gasteiger partial charge in [0.15, 0.2) is 0 Å². The van der Waals surface area contributed by atoms with Gasteiger partial charge in [-0.2, -0.15) is 0 Å². The van der Waals surface area contributed by atoms with Gasteiger partial charge in [0.05, 0.1) is 0 Å². The van der Waals surface area contributed by atoms with Crippen LogP contribution in [0.5, 0.6) is 0 Å². The van der Waals surface area contributed by atoms with Crippen LogP contribution in [0, 0.1) is 0 Å². The molecule has 150 valence electrons. The number of nitrogens with one attached hydrogen (secondary N) is 2. The summed E-state index contributed by atoms with van der Waals surface area (Å²) in [5.74, 6) is -0.516. The molecule has 1 aliphatic carbocycles. The molecule has 0 spiro atoms. The van der Waals surface area contributed by atoms with Gasteiger partial charge in [-0.15, -0.1) is 0 Å². The van der Waals surface area contributed by atoms with E-state index in [9.17, 15) is 4.79 Å². The molecule has 3 N–H and O–H groups in total. The molecule has 1 aliphatic rings. The highest BCUT2D eigenvalue weighted by Crippen LogP contribution is 2.36. The zero-order valence-corrected chi connectivity index (χ0v) is 16.7. The number of carbonyl (C=O) groups excluding carboxylic acids is 1. The van der Waals surface area contributed by atoms with Gasteiger partial charge in [0, 0.05) is 35.8 Å². The maximum Gasteiger partial charge on any atom is 0.267 e. The second-order valence-electron chi connectivity index (χ2n) is 7.56. The lowest BCUT2D eigenvalue weighted by Gasteiger charge is -2.28. The molecular weight excluding hydrogens is 362 g/mol. The zero-order valence-electron chi connectivity index (χ0n) is 16.7. The van der Waals surface area contributed by atoms with Gasteiger partial charge in [-0.1, -0.05) is 43.3 Å². The molecule has 1 amide bonds. The lowest BCUT2D eigenvalue weighted by atomic mass is 10.0. The Hall–Kier alpha value is -2.89. The molecule has 5 heteroatoms. The van der Waals surface area contributed by atoms with Crippen molar-refractivity contribution in [3.05, 3.63) is 77.0 Å². The average molecular weight is 389 g/mol. The van der Waals surface area contributed by atoms with Crippen molar-refractivity contribution in [2.75, 3.05) is 13.1 Å². The van der Waals surface area contributed by atoms with E-state index in [0.29, 0.717) is 6.04 Å². The molecule has 0 radical (unpaired) electrons. The summed E-state index contributed by atoms with van der Waals surface area (Å²) < 4.78 is 0. The average Bonchev–Trinajstić information content (AvgIpc) is 3.37. The van der Waals surface area contributed by atoms with E-state index in [0.717, 1.165) is 37.9 Å². The highest BCUT2D eigenvalue weighted by atomic mass is 16.5. The number of benzene rings is 2. The summed E-state index contributed by atoms with van der Waals surface area (Å²) in [6.45, 7) is 4.28. The van der Waals surface area contributed by atoms with E-state index in [1.807, 2.05) is 6.07 Å². The second kappa shape index (κ2) is 8.64.